The molecule has 1 fully saturated rings. The second-order valence-electron chi connectivity index (χ2n) is 10.2. The Hall–Kier alpha value is -3.16. The van der Waals surface area contributed by atoms with E-state index in [1.807, 2.05) is 18.2 Å². The van der Waals surface area contributed by atoms with Crippen LogP contribution in [-0.2, 0) is 16.6 Å². The summed E-state index contributed by atoms with van der Waals surface area (Å²) in [5, 5.41) is 3.79. The Morgan fingerprint density at radius 1 is 1.12 bits per heavy atom. The summed E-state index contributed by atoms with van der Waals surface area (Å²) in [5.41, 5.74) is 2.99. The number of para-hydroxylation sites is 1. The van der Waals surface area contributed by atoms with E-state index in [-0.39, 0.29) is 36.6 Å². The lowest BCUT2D eigenvalue weighted by molar-refractivity contribution is 0.0932. The zero-order valence-corrected chi connectivity index (χ0v) is 25.2. The minimum absolute atomic E-state index is 0.119. The Morgan fingerprint density at radius 2 is 1.83 bits per heavy atom. The van der Waals surface area contributed by atoms with Gasteiger partial charge in [0, 0.05) is 43.2 Å². The quantitative estimate of drug-likeness (QED) is 0.384. The average molecular weight is 621 g/mol. The minimum Gasteiger partial charge on any atom is -0.455 e. The fourth-order valence-corrected chi connectivity index (χ4v) is 6.02. The van der Waals surface area contributed by atoms with Gasteiger partial charge in [0.1, 0.15) is 5.56 Å². The molecular weight excluding hydrogens is 589 g/mol. The monoisotopic (exact) mass is 619 g/mol. The molecule has 41 heavy (non-hydrogen) atoms. The lowest BCUT2D eigenvalue weighted by Gasteiger charge is -2.37. The van der Waals surface area contributed by atoms with Crippen LogP contribution in [0.5, 0.6) is 5.88 Å². The third kappa shape index (κ3) is 6.68. The number of benzene rings is 2. The average Bonchev–Trinajstić information content (AvgIpc) is 2.93. The molecule has 0 radical (unpaired) electrons. The molecule has 0 unspecified atom stereocenters. The number of amides is 1. The van der Waals surface area contributed by atoms with Crippen molar-refractivity contribution in [2.24, 2.45) is 0 Å². The van der Waals surface area contributed by atoms with Gasteiger partial charge >= 0.3 is 0 Å². The van der Waals surface area contributed by atoms with E-state index < -0.39 is 10.0 Å². The number of anilines is 4. The molecule has 218 valence electrons. The lowest BCUT2D eigenvalue weighted by atomic mass is 10.0. The smallest absolute Gasteiger partial charge is 0.268 e. The molecule has 2 N–H and O–H groups in total. The molecule has 1 aromatic heterocycles. The number of hydrogen-bond donors (Lipinski definition) is 2. The van der Waals surface area contributed by atoms with Gasteiger partial charge in [-0.1, -0.05) is 29.3 Å². The Balaban J connectivity index is 1.36. The van der Waals surface area contributed by atoms with Crippen LogP contribution in [0.25, 0.3) is 0 Å². The van der Waals surface area contributed by atoms with Gasteiger partial charge in [-0.2, -0.15) is 4.98 Å². The van der Waals surface area contributed by atoms with Crippen LogP contribution < -0.4 is 24.6 Å². The van der Waals surface area contributed by atoms with E-state index in [0.717, 1.165) is 43.4 Å². The number of hydrogen-bond acceptors (Lipinski definition) is 9. The molecule has 0 saturated carbocycles. The maximum Gasteiger partial charge on any atom is 0.268 e. The summed E-state index contributed by atoms with van der Waals surface area (Å²) in [6.07, 6.45) is 4.57. The number of nitrogens with zero attached hydrogens (tertiary/aromatic N) is 5. The molecule has 14 heteroatoms. The van der Waals surface area contributed by atoms with Crippen LogP contribution in [0.4, 0.5) is 23.0 Å². The topological polar surface area (TPSA) is 120 Å². The maximum absolute atomic E-state index is 13.2. The third-order valence-electron chi connectivity index (χ3n) is 7.16. The second-order valence-corrected chi connectivity index (χ2v) is 12.9. The van der Waals surface area contributed by atoms with E-state index in [0.29, 0.717) is 27.5 Å². The molecule has 2 aromatic carbocycles. The summed E-state index contributed by atoms with van der Waals surface area (Å²) >= 11 is 12.6. The highest BCUT2D eigenvalue weighted by Gasteiger charge is 2.31. The highest BCUT2D eigenvalue weighted by atomic mass is 35.5. The number of fused-ring (bicyclic) bond motifs is 1. The van der Waals surface area contributed by atoms with E-state index in [9.17, 15) is 13.2 Å². The van der Waals surface area contributed by atoms with Crippen molar-refractivity contribution in [1.82, 2.24) is 19.6 Å². The van der Waals surface area contributed by atoms with Gasteiger partial charge in [-0.05, 0) is 62.8 Å². The van der Waals surface area contributed by atoms with Gasteiger partial charge in [0.25, 0.3) is 5.91 Å². The van der Waals surface area contributed by atoms with Crippen molar-refractivity contribution in [1.29, 1.82) is 0 Å². The van der Waals surface area contributed by atoms with Crippen LogP contribution in [0.1, 0.15) is 28.8 Å². The number of nitrogens with one attached hydrogen (secondary N) is 2. The summed E-state index contributed by atoms with van der Waals surface area (Å²) in [5.74, 6) is -0.0297. The second kappa shape index (κ2) is 12.0. The highest BCUT2D eigenvalue weighted by molar-refractivity contribution is 7.88. The first-order valence-electron chi connectivity index (χ1n) is 13.0. The van der Waals surface area contributed by atoms with Gasteiger partial charge in [-0.25, -0.2) is 18.1 Å². The molecule has 2 aliphatic rings. The number of carbonyl (C=O) groups is 1. The SMILES string of the molecule is CN(C)C1CCN(c2ccc(Nc3ncc4c(n3)OCN(c3c(Cl)cccc3Cl)C4=O)cc2CNS(C)(=O)=O)CC1. The summed E-state index contributed by atoms with van der Waals surface area (Å²) in [6.45, 7) is 1.76. The molecule has 0 spiro atoms. The maximum atomic E-state index is 13.2. The van der Waals surface area contributed by atoms with Crippen molar-refractivity contribution in [2.75, 3.05) is 55.3 Å². The van der Waals surface area contributed by atoms with E-state index in [4.69, 9.17) is 27.9 Å². The Labute approximate surface area is 249 Å². The van der Waals surface area contributed by atoms with Crippen molar-refractivity contribution >= 4 is 62.1 Å². The van der Waals surface area contributed by atoms with Gasteiger partial charge in [0.05, 0.1) is 22.0 Å². The van der Waals surface area contributed by atoms with Crippen LogP contribution >= 0.6 is 23.2 Å². The molecule has 0 aliphatic carbocycles. The van der Waals surface area contributed by atoms with Gasteiger partial charge in [0.2, 0.25) is 21.9 Å². The fraction of sp³-hybridized carbons (Fsp3) is 0.370. The largest absolute Gasteiger partial charge is 0.455 e. The van der Waals surface area contributed by atoms with Crippen LogP contribution in [0.15, 0.2) is 42.6 Å². The van der Waals surface area contributed by atoms with Gasteiger partial charge in [-0.15, -0.1) is 0 Å². The van der Waals surface area contributed by atoms with Crippen molar-refractivity contribution < 1.29 is 17.9 Å². The molecule has 1 saturated heterocycles. The predicted molar refractivity (Wildman–Crippen MR) is 161 cm³/mol. The number of ether oxygens (including phenoxy) is 1. The fourth-order valence-electron chi connectivity index (χ4n) is 5.00. The zero-order valence-electron chi connectivity index (χ0n) is 22.9. The first-order valence-corrected chi connectivity index (χ1v) is 15.7. The predicted octanol–water partition coefficient (Wildman–Crippen LogP) is 4.10. The Morgan fingerprint density at radius 3 is 2.49 bits per heavy atom. The molecule has 5 rings (SSSR count). The summed E-state index contributed by atoms with van der Waals surface area (Å²) in [4.78, 5) is 27.8. The number of piperidine rings is 1. The molecule has 3 aromatic rings. The van der Waals surface area contributed by atoms with E-state index in [2.05, 4.69) is 43.9 Å². The van der Waals surface area contributed by atoms with Crippen LogP contribution in [0.2, 0.25) is 10.0 Å². The third-order valence-corrected chi connectivity index (χ3v) is 8.44. The van der Waals surface area contributed by atoms with E-state index >= 15 is 0 Å². The van der Waals surface area contributed by atoms with Gasteiger partial charge in [0.15, 0.2) is 6.73 Å². The van der Waals surface area contributed by atoms with Crippen LogP contribution in [0, 0.1) is 0 Å². The molecule has 3 heterocycles. The molecule has 0 bridgehead atoms. The van der Waals surface area contributed by atoms with Crippen LogP contribution in [0.3, 0.4) is 0 Å². The number of halogens is 2. The van der Waals surface area contributed by atoms with Gasteiger partial charge in [-0.3, -0.25) is 9.69 Å². The standard InChI is InChI=1S/C27H31Cl2N7O4S/c1-34(2)19-9-11-35(12-10-19)23-8-7-18(13-17(23)14-31-41(3,38)39)32-27-30-15-20-25(33-27)40-16-36(26(20)37)24-21(28)5-4-6-22(24)29/h4-8,13,15,19,31H,9-12,14,16H2,1-3H3,(H,30,32,33). The first-order chi connectivity index (χ1) is 19.5. The summed E-state index contributed by atoms with van der Waals surface area (Å²) in [7, 11) is 0.791. The highest BCUT2D eigenvalue weighted by Crippen LogP contribution is 2.37. The van der Waals surface area contributed by atoms with Crippen LogP contribution in [-0.4, -0.2) is 75.4 Å². The number of sulfonamides is 1. The Kier molecular flexibility index (Phi) is 8.57. The molecule has 11 nitrogen and oxygen atoms in total. The molecule has 1 amide bonds. The molecule has 2 aliphatic heterocycles. The molecule has 0 atom stereocenters. The number of carbonyl (C=O) groups excluding carboxylic acids is 1. The summed E-state index contributed by atoms with van der Waals surface area (Å²) < 4.78 is 32.1. The van der Waals surface area contributed by atoms with Crippen molar-refractivity contribution in [3.63, 3.8) is 0 Å². The van der Waals surface area contributed by atoms with E-state index in [1.54, 1.807) is 18.2 Å². The van der Waals surface area contributed by atoms with Crippen molar-refractivity contribution in [2.45, 2.75) is 25.4 Å². The summed E-state index contributed by atoms with van der Waals surface area (Å²) in [6, 6.07) is 11.3. The van der Waals surface area contributed by atoms with Crippen molar-refractivity contribution in [3.8, 4) is 5.88 Å². The minimum atomic E-state index is -3.40. The van der Waals surface area contributed by atoms with E-state index in [1.165, 1.54) is 11.1 Å². The van der Waals surface area contributed by atoms with Crippen molar-refractivity contribution in [3.05, 3.63) is 63.8 Å². The first kappa shape index (κ1) is 29.3. The lowest BCUT2D eigenvalue weighted by Crippen LogP contribution is -2.42. The normalized spacial score (nSPS) is 16.1. The molecular formula is C27H31Cl2N7O4S. The Bertz CT molecular complexity index is 1540. The number of aromatic nitrogens is 2. The van der Waals surface area contributed by atoms with Gasteiger partial charge < -0.3 is 19.9 Å². The number of rotatable bonds is 8. The zero-order chi connectivity index (χ0) is 29.3.